The van der Waals surface area contributed by atoms with Crippen LogP contribution < -0.4 is 10.6 Å². The first-order valence-electron chi connectivity index (χ1n) is 9.22. The minimum atomic E-state index is -1.69. The molecule has 1 aromatic heterocycles. The molecule has 6 heteroatoms. The van der Waals surface area contributed by atoms with Crippen molar-refractivity contribution in [2.24, 2.45) is 7.05 Å². The zero-order valence-electron chi connectivity index (χ0n) is 16.5. The van der Waals surface area contributed by atoms with Crippen LogP contribution in [0.2, 0.25) is 18.1 Å². The first-order chi connectivity index (χ1) is 11.6. The summed E-state index contributed by atoms with van der Waals surface area (Å²) in [4.78, 5) is 2.40. The van der Waals surface area contributed by atoms with Gasteiger partial charge in [0.1, 0.15) is 0 Å². The Kier molecular flexibility index (Phi) is 4.62. The van der Waals surface area contributed by atoms with Crippen LogP contribution in [0.4, 0.5) is 11.4 Å². The number of piperidine rings is 1. The van der Waals surface area contributed by atoms with E-state index in [4.69, 9.17) is 10.2 Å². The van der Waals surface area contributed by atoms with Crippen molar-refractivity contribution in [2.75, 3.05) is 23.7 Å². The number of rotatable bonds is 3. The summed E-state index contributed by atoms with van der Waals surface area (Å²) in [5, 5.41) is 5.73. The van der Waals surface area contributed by atoms with E-state index in [-0.39, 0.29) is 5.04 Å². The van der Waals surface area contributed by atoms with Crippen molar-refractivity contribution >= 4 is 30.6 Å². The van der Waals surface area contributed by atoms with Gasteiger partial charge in [0.15, 0.2) is 8.32 Å². The normalized spacial score (nSPS) is 17.4. The number of benzene rings is 1. The van der Waals surface area contributed by atoms with Gasteiger partial charge >= 0.3 is 0 Å². The minimum Gasteiger partial charge on any atom is -0.414 e. The highest BCUT2D eigenvalue weighted by molar-refractivity contribution is 6.74. The van der Waals surface area contributed by atoms with Gasteiger partial charge in [-0.05, 0) is 43.1 Å². The van der Waals surface area contributed by atoms with Crippen LogP contribution in [0.15, 0.2) is 18.3 Å². The van der Waals surface area contributed by atoms with E-state index in [2.05, 4.69) is 49.9 Å². The predicted octanol–water partition coefficient (Wildman–Crippen LogP) is 4.15. The zero-order chi connectivity index (χ0) is 18.4. The maximum Gasteiger partial charge on any atom is 0.192 e. The number of aromatic nitrogens is 2. The third-order valence-corrected chi connectivity index (χ3v) is 10.5. The van der Waals surface area contributed by atoms with Crippen LogP contribution in [0.3, 0.4) is 0 Å². The molecule has 2 N–H and O–H groups in total. The lowest BCUT2D eigenvalue weighted by Crippen LogP contribution is -2.47. The molecule has 138 valence electrons. The summed E-state index contributed by atoms with van der Waals surface area (Å²) in [6.07, 6.45) is 4.42. The lowest BCUT2D eigenvalue weighted by atomic mass is 10.1. The standard InChI is InChI=1S/C19H32N4OSi/c1-19(2,3)25(5,6)24-15-7-9-23(10-8-15)18-11-14-13-21-22(4)17(14)12-16(18)20/h11-13,15H,7-10,20H2,1-6H3. The average Bonchev–Trinajstić information content (AvgIpc) is 2.87. The van der Waals surface area contributed by atoms with Gasteiger partial charge in [-0.25, -0.2) is 0 Å². The molecular formula is C19H32N4OSi. The molecule has 0 aliphatic carbocycles. The Labute approximate surface area is 152 Å². The van der Waals surface area contributed by atoms with E-state index >= 15 is 0 Å². The second-order valence-corrected chi connectivity index (χ2v) is 13.6. The van der Waals surface area contributed by atoms with Crippen LogP contribution in [0.25, 0.3) is 10.9 Å². The Morgan fingerprint density at radius 2 is 1.84 bits per heavy atom. The van der Waals surface area contributed by atoms with Crippen LogP contribution in [0, 0.1) is 0 Å². The van der Waals surface area contributed by atoms with Crippen LogP contribution >= 0.6 is 0 Å². The minimum absolute atomic E-state index is 0.264. The predicted molar refractivity (Wildman–Crippen MR) is 109 cm³/mol. The SMILES string of the molecule is Cn1ncc2cc(N3CCC(O[Si](C)(C)C(C)(C)C)CC3)c(N)cc21. The van der Waals surface area contributed by atoms with Crippen molar-refractivity contribution in [1.29, 1.82) is 0 Å². The molecule has 5 nitrogen and oxygen atoms in total. The van der Waals surface area contributed by atoms with E-state index in [1.807, 2.05) is 24.0 Å². The van der Waals surface area contributed by atoms with Crippen LogP contribution in [0.5, 0.6) is 0 Å². The first kappa shape index (κ1) is 18.3. The van der Waals surface area contributed by atoms with Gasteiger partial charge in [-0.3, -0.25) is 4.68 Å². The van der Waals surface area contributed by atoms with Gasteiger partial charge in [0.05, 0.1) is 23.1 Å². The number of fused-ring (bicyclic) bond motifs is 1. The summed E-state index contributed by atoms with van der Waals surface area (Å²) in [6.45, 7) is 13.6. The fraction of sp³-hybridized carbons (Fsp3) is 0.632. The Bertz CT molecular complexity index is 755. The fourth-order valence-electron chi connectivity index (χ4n) is 3.29. The lowest BCUT2D eigenvalue weighted by Gasteiger charge is -2.42. The monoisotopic (exact) mass is 360 g/mol. The fourth-order valence-corrected chi connectivity index (χ4v) is 4.71. The second kappa shape index (κ2) is 6.32. The van der Waals surface area contributed by atoms with E-state index in [1.54, 1.807) is 0 Å². The number of nitrogens with zero attached hydrogens (tertiary/aromatic N) is 3. The molecule has 0 radical (unpaired) electrons. The highest BCUT2D eigenvalue weighted by atomic mass is 28.4. The van der Waals surface area contributed by atoms with E-state index in [0.29, 0.717) is 6.10 Å². The maximum atomic E-state index is 6.60. The Morgan fingerprint density at radius 1 is 1.20 bits per heavy atom. The average molecular weight is 361 g/mol. The summed E-state index contributed by atoms with van der Waals surface area (Å²) < 4.78 is 8.47. The van der Waals surface area contributed by atoms with Gasteiger partial charge in [-0.1, -0.05) is 20.8 Å². The summed E-state index contributed by atoms with van der Waals surface area (Å²) in [5.74, 6) is 0. The molecule has 0 atom stereocenters. The maximum absolute atomic E-state index is 6.60. The largest absolute Gasteiger partial charge is 0.414 e. The number of anilines is 2. The smallest absolute Gasteiger partial charge is 0.192 e. The molecule has 1 aliphatic rings. The third kappa shape index (κ3) is 3.55. The van der Waals surface area contributed by atoms with Crippen molar-refractivity contribution < 1.29 is 4.43 Å². The Hall–Kier alpha value is -1.53. The molecule has 1 saturated heterocycles. The van der Waals surface area contributed by atoms with Crippen molar-refractivity contribution in [3.05, 3.63) is 18.3 Å². The molecule has 0 saturated carbocycles. The van der Waals surface area contributed by atoms with E-state index in [0.717, 1.165) is 48.2 Å². The summed E-state index contributed by atoms with van der Waals surface area (Å²) >= 11 is 0. The molecule has 1 fully saturated rings. The molecule has 1 aliphatic heterocycles. The molecular weight excluding hydrogens is 328 g/mol. The molecule has 2 aromatic rings. The Balaban J connectivity index is 1.69. The van der Waals surface area contributed by atoms with Crippen LogP contribution in [-0.4, -0.2) is 37.3 Å². The van der Waals surface area contributed by atoms with E-state index in [1.165, 1.54) is 0 Å². The van der Waals surface area contributed by atoms with Crippen LogP contribution in [0.1, 0.15) is 33.6 Å². The highest BCUT2D eigenvalue weighted by Gasteiger charge is 2.39. The lowest BCUT2D eigenvalue weighted by molar-refractivity contribution is 0.152. The molecule has 3 rings (SSSR count). The van der Waals surface area contributed by atoms with Gasteiger partial charge in [0.2, 0.25) is 0 Å². The number of aryl methyl sites for hydroxylation is 1. The van der Waals surface area contributed by atoms with Gasteiger partial charge < -0.3 is 15.1 Å². The summed E-state index contributed by atoms with van der Waals surface area (Å²) in [6, 6.07) is 4.21. The van der Waals surface area contributed by atoms with Crippen molar-refractivity contribution in [1.82, 2.24) is 9.78 Å². The molecule has 2 heterocycles. The van der Waals surface area contributed by atoms with Gasteiger partial charge in [-0.2, -0.15) is 5.10 Å². The molecule has 0 unspecified atom stereocenters. The van der Waals surface area contributed by atoms with Gasteiger partial charge in [0, 0.05) is 31.6 Å². The summed E-state index contributed by atoms with van der Waals surface area (Å²) in [7, 11) is 0.257. The van der Waals surface area contributed by atoms with Crippen molar-refractivity contribution in [2.45, 2.75) is 57.8 Å². The van der Waals surface area contributed by atoms with Crippen molar-refractivity contribution in [3.63, 3.8) is 0 Å². The number of hydrogen-bond donors (Lipinski definition) is 1. The zero-order valence-corrected chi connectivity index (χ0v) is 17.5. The number of nitrogen functional groups attached to an aromatic ring is 1. The number of hydrogen-bond acceptors (Lipinski definition) is 4. The van der Waals surface area contributed by atoms with Crippen LogP contribution in [-0.2, 0) is 11.5 Å². The van der Waals surface area contributed by atoms with Gasteiger partial charge in [0.25, 0.3) is 0 Å². The number of nitrogens with two attached hydrogens (primary N) is 1. The Morgan fingerprint density at radius 3 is 2.44 bits per heavy atom. The molecule has 0 spiro atoms. The van der Waals surface area contributed by atoms with Crippen molar-refractivity contribution in [3.8, 4) is 0 Å². The molecule has 0 amide bonds. The first-order valence-corrected chi connectivity index (χ1v) is 12.1. The quantitative estimate of drug-likeness (QED) is 0.660. The van der Waals surface area contributed by atoms with Gasteiger partial charge in [-0.15, -0.1) is 0 Å². The van der Waals surface area contributed by atoms with E-state index < -0.39 is 8.32 Å². The molecule has 1 aromatic carbocycles. The van der Waals surface area contributed by atoms with E-state index in [9.17, 15) is 0 Å². The second-order valence-electron chi connectivity index (χ2n) is 8.80. The molecule has 25 heavy (non-hydrogen) atoms. The highest BCUT2D eigenvalue weighted by Crippen LogP contribution is 2.39. The molecule has 0 bridgehead atoms. The third-order valence-electron chi connectivity index (χ3n) is 5.94. The topological polar surface area (TPSA) is 56.3 Å². The summed E-state index contributed by atoms with van der Waals surface area (Å²) in [5.41, 5.74) is 9.38.